The minimum atomic E-state index is 0.299. The van der Waals surface area contributed by atoms with Crippen molar-refractivity contribution in [3.63, 3.8) is 0 Å². The molecule has 0 aromatic rings. The SMILES string of the molecule is C=CCC1=C2C=CC3CN=NC3=C2C2=C1C(=O)C[C@H](CC)C2. The van der Waals surface area contributed by atoms with Crippen molar-refractivity contribution in [2.45, 2.75) is 32.6 Å². The Hall–Kier alpha value is -2.03. The van der Waals surface area contributed by atoms with Crippen LogP contribution in [0.15, 0.2) is 68.6 Å². The van der Waals surface area contributed by atoms with Crippen molar-refractivity contribution in [2.75, 3.05) is 6.54 Å². The summed E-state index contributed by atoms with van der Waals surface area (Å²) in [6.07, 6.45) is 9.76. The van der Waals surface area contributed by atoms with Gasteiger partial charge in [-0.25, -0.2) is 0 Å². The number of azo groups is 1. The summed E-state index contributed by atoms with van der Waals surface area (Å²) in [5.74, 6) is 1.07. The number of rotatable bonds is 3. The van der Waals surface area contributed by atoms with E-state index in [1.165, 1.54) is 16.7 Å². The fraction of sp³-hybridized carbons (Fsp3) is 0.421. The highest BCUT2D eigenvalue weighted by atomic mass is 16.1. The first-order chi connectivity index (χ1) is 10.7. The molecule has 1 aliphatic heterocycles. The van der Waals surface area contributed by atoms with Gasteiger partial charge in [-0.1, -0.05) is 31.6 Å². The minimum absolute atomic E-state index is 0.299. The Kier molecular flexibility index (Phi) is 3.10. The van der Waals surface area contributed by atoms with Crippen LogP contribution in [0.3, 0.4) is 0 Å². The van der Waals surface area contributed by atoms with Crippen molar-refractivity contribution in [3.8, 4) is 0 Å². The highest BCUT2D eigenvalue weighted by Gasteiger charge is 2.40. The van der Waals surface area contributed by atoms with Gasteiger partial charge in [0.2, 0.25) is 0 Å². The number of allylic oxidation sites excluding steroid dienone is 7. The molecule has 112 valence electrons. The molecule has 0 aromatic carbocycles. The third-order valence-corrected chi connectivity index (χ3v) is 5.23. The van der Waals surface area contributed by atoms with Crippen LogP contribution in [0.25, 0.3) is 0 Å². The van der Waals surface area contributed by atoms with E-state index in [9.17, 15) is 4.79 Å². The van der Waals surface area contributed by atoms with Gasteiger partial charge in [0, 0.05) is 23.5 Å². The maximum Gasteiger partial charge on any atom is 0.163 e. The molecule has 4 rings (SSSR count). The zero-order chi connectivity index (χ0) is 15.3. The molecule has 0 bridgehead atoms. The largest absolute Gasteiger partial charge is 0.294 e. The first kappa shape index (κ1) is 13.6. The van der Waals surface area contributed by atoms with Crippen LogP contribution >= 0.6 is 0 Å². The molecular formula is C19H20N2O. The van der Waals surface area contributed by atoms with Gasteiger partial charge in [0.05, 0.1) is 12.2 Å². The van der Waals surface area contributed by atoms with Crippen LogP contribution in [-0.4, -0.2) is 12.3 Å². The first-order valence-corrected chi connectivity index (χ1v) is 8.16. The second-order valence-electron chi connectivity index (χ2n) is 6.49. The van der Waals surface area contributed by atoms with Gasteiger partial charge in [-0.05, 0) is 35.5 Å². The molecule has 3 heteroatoms. The van der Waals surface area contributed by atoms with Gasteiger partial charge in [0.1, 0.15) is 0 Å². The molecule has 0 aromatic heterocycles. The summed E-state index contributed by atoms with van der Waals surface area (Å²) in [7, 11) is 0. The number of carbonyl (C=O) groups is 1. The maximum absolute atomic E-state index is 12.7. The Morgan fingerprint density at radius 3 is 3.00 bits per heavy atom. The van der Waals surface area contributed by atoms with Gasteiger partial charge < -0.3 is 0 Å². The summed E-state index contributed by atoms with van der Waals surface area (Å²) in [4.78, 5) is 12.7. The molecule has 3 nitrogen and oxygen atoms in total. The average Bonchev–Trinajstić information content (AvgIpc) is 3.10. The van der Waals surface area contributed by atoms with Crippen molar-refractivity contribution in [2.24, 2.45) is 22.1 Å². The topological polar surface area (TPSA) is 41.8 Å². The quantitative estimate of drug-likeness (QED) is 0.708. The summed E-state index contributed by atoms with van der Waals surface area (Å²) >= 11 is 0. The minimum Gasteiger partial charge on any atom is -0.294 e. The zero-order valence-electron chi connectivity index (χ0n) is 12.9. The number of ketones is 1. The Morgan fingerprint density at radius 2 is 2.23 bits per heavy atom. The van der Waals surface area contributed by atoms with Crippen molar-refractivity contribution in [1.82, 2.24) is 0 Å². The van der Waals surface area contributed by atoms with Gasteiger partial charge >= 0.3 is 0 Å². The molecule has 1 unspecified atom stereocenters. The van der Waals surface area contributed by atoms with E-state index in [0.717, 1.165) is 42.7 Å². The molecule has 22 heavy (non-hydrogen) atoms. The predicted molar refractivity (Wildman–Crippen MR) is 86.3 cm³/mol. The van der Waals surface area contributed by atoms with Crippen molar-refractivity contribution in [1.29, 1.82) is 0 Å². The highest BCUT2D eigenvalue weighted by molar-refractivity contribution is 6.05. The van der Waals surface area contributed by atoms with E-state index in [2.05, 4.69) is 35.9 Å². The second kappa shape index (κ2) is 5.01. The first-order valence-electron chi connectivity index (χ1n) is 8.16. The smallest absolute Gasteiger partial charge is 0.163 e. The molecule has 0 N–H and O–H groups in total. The van der Waals surface area contributed by atoms with Gasteiger partial charge in [-0.15, -0.1) is 6.58 Å². The molecule has 2 atom stereocenters. The monoisotopic (exact) mass is 292 g/mol. The standard InChI is InChI=1S/C19H20N2O/c1-3-5-13-14-7-6-12-10-20-21-19(12)18(14)15-8-11(4-2)9-16(22)17(13)15/h3,6-7,11-12H,1,4-5,8-10H2,2H3/t11-,12?/m1/s1. The highest BCUT2D eigenvalue weighted by Crippen LogP contribution is 2.51. The Bertz CT molecular complexity index is 731. The van der Waals surface area contributed by atoms with Crippen LogP contribution in [0.2, 0.25) is 0 Å². The van der Waals surface area contributed by atoms with Gasteiger partial charge in [-0.3, -0.25) is 4.79 Å². The van der Waals surface area contributed by atoms with Gasteiger partial charge in [0.25, 0.3) is 0 Å². The van der Waals surface area contributed by atoms with Crippen LogP contribution in [0.1, 0.15) is 32.6 Å². The second-order valence-corrected chi connectivity index (χ2v) is 6.49. The Morgan fingerprint density at radius 1 is 1.36 bits per heavy atom. The van der Waals surface area contributed by atoms with Crippen LogP contribution in [-0.2, 0) is 4.79 Å². The molecule has 1 heterocycles. The Balaban J connectivity index is 1.93. The molecular weight excluding hydrogens is 272 g/mol. The molecule has 0 radical (unpaired) electrons. The number of hydrogen-bond donors (Lipinski definition) is 0. The number of Topliss-reactive ketones (excluding diaryl/α,β-unsaturated/α-hetero) is 1. The number of fused-ring (bicyclic) bond motifs is 3. The lowest BCUT2D eigenvalue weighted by Crippen LogP contribution is -2.19. The number of hydrogen-bond acceptors (Lipinski definition) is 3. The molecule has 0 saturated carbocycles. The fourth-order valence-corrected chi connectivity index (χ4v) is 4.11. The van der Waals surface area contributed by atoms with E-state index in [1.807, 2.05) is 6.08 Å². The van der Waals surface area contributed by atoms with Crippen LogP contribution < -0.4 is 0 Å². The molecule has 3 aliphatic carbocycles. The summed E-state index contributed by atoms with van der Waals surface area (Å²) < 4.78 is 0. The van der Waals surface area contributed by atoms with E-state index >= 15 is 0 Å². The summed E-state index contributed by atoms with van der Waals surface area (Å²) in [5, 5.41) is 8.63. The lowest BCUT2D eigenvalue weighted by Gasteiger charge is -2.24. The van der Waals surface area contributed by atoms with Gasteiger partial charge in [0.15, 0.2) is 5.78 Å². The third kappa shape index (κ3) is 1.78. The summed E-state index contributed by atoms with van der Waals surface area (Å²) in [6, 6.07) is 0. The van der Waals surface area contributed by atoms with E-state index in [-0.39, 0.29) is 0 Å². The molecule has 4 aliphatic rings. The van der Waals surface area contributed by atoms with Crippen molar-refractivity contribution < 1.29 is 4.79 Å². The predicted octanol–water partition coefficient (Wildman–Crippen LogP) is 4.46. The summed E-state index contributed by atoms with van der Waals surface area (Å²) in [5.41, 5.74) is 6.85. The maximum atomic E-state index is 12.7. The van der Waals surface area contributed by atoms with E-state index < -0.39 is 0 Å². The van der Waals surface area contributed by atoms with Crippen LogP contribution in [0.4, 0.5) is 0 Å². The molecule has 0 fully saturated rings. The van der Waals surface area contributed by atoms with Crippen molar-refractivity contribution in [3.05, 3.63) is 58.4 Å². The third-order valence-electron chi connectivity index (χ3n) is 5.23. The lowest BCUT2D eigenvalue weighted by molar-refractivity contribution is -0.116. The van der Waals surface area contributed by atoms with Gasteiger partial charge in [-0.2, -0.15) is 10.2 Å². The van der Waals surface area contributed by atoms with Crippen LogP contribution in [0.5, 0.6) is 0 Å². The molecule has 0 spiro atoms. The number of carbonyl (C=O) groups excluding carboxylic acids is 1. The molecule has 0 saturated heterocycles. The fourth-order valence-electron chi connectivity index (χ4n) is 4.11. The van der Waals surface area contributed by atoms with E-state index in [0.29, 0.717) is 24.0 Å². The Labute approximate surface area is 130 Å². The normalized spacial score (nSPS) is 29.2. The van der Waals surface area contributed by atoms with Crippen molar-refractivity contribution >= 4 is 5.78 Å². The van der Waals surface area contributed by atoms with E-state index in [4.69, 9.17) is 0 Å². The molecule has 0 amide bonds. The van der Waals surface area contributed by atoms with Crippen LogP contribution in [0, 0.1) is 11.8 Å². The summed E-state index contributed by atoms with van der Waals surface area (Å²) in [6.45, 7) is 6.79. The number of nitrogens with zero attached hydrogens (tertiary/aromatic N) is 2. The average molecular weight is 292 g/mol. The van der Waals surface area contributed by atoms with E-state index in [1.54, 1.807) is 0 Å². The zero-order valence-corrected chi connectivity index (χ0v) is 12.9. The lowest BCUT2D eigenvalue weighted by atomic mass is 9.78.